The molecular weight excluding hydrogens is 376 g/mol. The molecule has 0 amide bonds. The summed E-state index contributed by atoms with van der Waals surface area (Å²) in [5, 5.41) is 11.6. The summed E-state index contributed by atoms with van der Waals surface area (Å²) < 4.78 is 6.82. The number of Topliss-reactive ketones (excluding diaryl/α,β-unsaturated/α-hetero) is 1. The first-order chi connectivity index (χ1) is 13.3. The van der Waals surface area contributed by atoms with Crippen molar-refractivity contribution in [2.45, 2.75) is 116 Å². The molecule has 4 aliphatic carbocycles. The van der Waals surface area contributed by atoms with E-state index in [0.29, 0.717) is 41.0 Å². The van der Waals surface area contributed by atoms with Crippen molar-refractivity contribution in [2.24, 2.45) is 34.5 Å². The van der Waals surface area contributed by atoms with Gasteiger partial charge in [-0.1, -0.05) is 34.6 Å². The lowest BCUT2D eigenvalue weighted by Crippen LogP contribution is -2.59. The maximum atomic E-state index is 12.6. The molecule has 0 saturated heterocycles. The monoisotopic (exact) mass is 420 g/mol. The van der Waals surface area contributed by atoms with Crippen molar-refractivity contribution >= 4 is 14.1 Å². The van der Waals surface area contributed by atoms with Gasteiger partial charge >= 0.3 is 0 Å². The largest absolute Gasteiger partial charge is 0.414 e. The van der Waals surface area contributed by atoms with Gasteiger partial charge in [-0.15, -0.1) is 0 Å². The van der Waals surface area contributed by atoms with Crippen LogP contribution in [-0.4, -0.2) is 31.4 Å². The Bertz CT molecular complexity index is 667. The van der Waals surface area contributed by atoms with E-state index in [1.807, 2.05) is 0 Å². The Morgan fingerprint density at radius 3 is 2.38 bits per heavy atom. The topological polar surface area (TPSA) is 46.5 Å². The summed E-state index contributed by atoms with van der Waals surface area (Å²) in [6.45, 7) is 16.4. The number of aliphatic hydroxyl groups is 1. The predicted molar refractivity (Wildman–Crippen MR) is 120 cm³/mol. The second-order valence-electron chi connectivity index (χ2n) is 13.0. The third-order valence-corrected chi connectivity index (χ3v) is 15.1. The van der Waals surface area contributed by atoms with Crippen molar-refractivity contribution in [3.8, 4) is 0 Å². The fraction of sp³-hybridized carbons (Fsp3) is 0.960. The van der Waals surface area contributed by atoms with Crippen LogP contribution in [0.4, 0.5) is 0 Å². The van der Waals surface area contributed by atoms with E-state index in [9.17, 15) is 9.90 Å². The average molecular weight is 421 g/mol. The van der Waals surface area contributed by atoms with Crippen LogP contribution in [0.1, 0.15) is 86.0 Å². The highest BCUT2D eigenvalue weighted by Crippen LogP contribution is 2.65. The molecule has 0 heterocycles. The van der Waals surface area contributed by atoms with Crippen LogP contribution >= 0.6 is 0 Å². The summed E-state index contributed by atoms with van der Waals surface area (Å²) in [7, 11) is -1.76. The van der Waals surface area contributed by atoms with Gasteiger partial charge in [0.15, 0.2) is 8.32 Å². The minimum absolute atomic E-state index is 0.159. The highest BCUT2D eigenvalue weighted by atomic mass is 28.4. The molecule has 8 atom stereocenters. The Labute approximate surface area is 179 Å². The first-order valence-electron chi connectivity index (χ1n) is 12.2. The highest BCUT2D eigenvalue weighted by molar-refractivity contribution is 6.74. The maximum absolute atomic E-state index is 12.6. The number of hydrogen-bond donors (Lipinski definition) is 1. The molecule has 3 nitrogen and oxygen atoms in total. The van der Waals surface area contributed by atoms with Crippen LogP contribution in [0.5, 0.6) is 0 Å². The molecule has 0 bridgehead atoms. The van der Waals surface area contributed by atoms with Crippen molar-refractivity contribution in [1.82, 2.24) is 0 Å². The van der Waals surface area contributed by atoms with Crippen LogP contribution in [0.25, 0.3) is 0 Å². The Morgan fingerprint density at radius 1 is 1.03 bits per heavy atom. The number of fused-ring (bicyclic) bond motifs is 5. The van der Waals surface area contributed by atoms with Crippen LogP contribution in [0, 0.1) is 34.5 Å². The SMILES string of the molecule is CC(C)(C)[Si](C)(C)OC1CC[C@@]2(C)[C@H](C1)C[C@@H](O)[C@@H]1[C@@H]2CC[C@]2(C)C(=O)CC[C@@H]12. The molecule has 1 N–H and O–H groups in total. The molecule has 0 aromatic heterocycles. The number of hydrogen-bond acceptors (Lipinski definition) is 3. The van der Waals surface area contributed by atoms with Crippen molar-refractivity contribution in [3.63, 3.8) is 0 Å². The standard InChI is InChI=1S/C25H44O3Si/c1-23(2,3)29(6,7)28-17-10-12-24(4)16(14-17)15-20(26)22-18-8-9-21(27)25(18,5)13-11-19(22)24/h16-20,22,26H,8-15H2,1-7H3/t16-,17?,18+,19+,20-,22+,24+,25+/m1/s1. The number of carbonyl (C=O) groups is 1. The Balaban J connectivity index is 1.53. The molecule has 4 heteroatoms. The van der Waals surface area contributed by atoms with E-state index >= 15 is 0 Å². The van der Waals surface area contributed by atoms with E-state index in [0.717, 1.165) is 38.5 Å². The van der Waals surface area contributed by atoms with Gasteiger partial charge in [0, 0.05) is 17.9 Å². The Hall–Kier alpha value is -0.193. The zero-order valence-electron chi connectivity index (χ0n) is 19.9. The summed E-state index contributed by atoms with van der Waals surface area (Å²) in [4.78, 5) is 12.6. The Kier molecular flexibility index (Phi) is 5.24. The van der Waals surface area contributed by atoms with Crippen LogP contribution in [0.3, 0.4) is 0 Å². The fourth-order valence-corrected chi connectivity index (χ4v) is 9.06. The molecule has 4 saturated carbocycles. The lowest BCUT2D eigenvalue weighted by atomic mass is 9.44. The third kappa shape index (κ3) is 3.31. The van der Waals surface area contributed by atoms with Gasteiger partial charge in [0.2, 0.25) is 0 Å². The van der Waals surface area contributed by atoms with Crippen LogP contribution < -0.4 is 0 Å². The summed E-state index contributed by atoms with van der Waals surface area (Å²) in [5.41, 5.74) is 0.151. The third-order valence-electron chi connectivity index (χ3n) is 10.6. The molecule has 166 valence electrons. The molecule has 1 unspecified atom stereocenters. The Morgan fingerprint density at radius 2 is 1.72 bits per heavy atom. The van der Waals surface area contributed by atoms with Gasteiger partial charge in [0.25, 0.3) is 0 Å². The zero-order chi connectivity index (χ0) is 21.4. The molecule has 4 rings (SSSR count). The lowest BCUT2D eigenvalue weighted by Gasteiger charge is -2.62. The van der Waals surface area contributed by atoms with Crippen molar-refractivity contribution in [3.05, 3.63) is 0 Å². The number of aliphatic hydroxyl groups excluding tert-OH is 1. The molecule has 0 spiro atoms. The zero-order valence-corrected chi connectivity index (χ0v) is 20.9. The summed E-state index contributed by atoms with van der Waals surface area (Å²) in [5.74, 6) is 2.34. The normalized spacial score (nSPS) is 48.1. The van der Waals surface area contributed by atoms with E-state index in [1.165, 1.54) is 12.8 Å². The van der Waals surface area contributed by atoms with E-state index in [-0.39, 0.29) is 16.6 Å². The first kappa shape index (κ1) is 22.0. The van der Waals surface area contributed by atoms with Gasteiger partial charge in [-0.2, -0.15) is 0 Å². The van der Waals surface area contributed by atoms with Crippen molar-refractivity contribution in [2.75, 3.05) is 0 Å². The molecule has 0 aromatic rings. The lowest BCUT2D eigenvalue weighted by molar-refractivity contribution is -0.170. The van der Waals surface area contributed by atoms with Gasteiger partial charge < -0.3 is 9.53 Å². The second-order valence-corrected chi connectivity index (χ2v) is 17.7. The molecule has 0 aromatic carbocycles. The summed E-state index contributed by atoms with van der Waals surface area (Å²) in [6.07, 6.45) is 8.45. The van der Waals surface area contributed by atoms with E-state index in [1.54, 1.807) is 0 Å². The molecular formula is C25H44O3Si. The van der Waals surface area contributed by atoms with Gasteiger partial charge in [-0.25, -0.2) is 0 Å². The quantitative estimate of drug-likeness (QED) is 0.561. The first-order valence-corrected chi connectivity index (χ1v) is 15.1. The minimum atomic E-state index is -1.76. The second kappa shape index (κ2) is 6.90. The summed E-state index contributed by atoms with van der Waals surface area (Å²) in [6, 6.07) is 0. The van der Waals surface area contributed by atoms with Gasteiger partial charge in [0.1, 0.15) is 5.78 Å². The maximum Gasteiger partial charge on any atom is 0.192 e. The van der Waals surface area contributed by atoms with Gasteiger partial charge in [-0.05, 0) is 92.2 Å². The average Bonchev–Trinajstić information content (AvgIpc) is 2.90. The van der Waals surface area contributed by atoms with Crippen LogP contribution in [-0.2, 0) is 9.22 Å². The van der Waals surface area contributed by atoms with Crippen molar-refractivity contribution in [1.29, 1.82) is 0 Å². The summed E-state index contributed by atoms with van der Waals surface area (Å²) >= 11 is 0. The fourth-order valence-electron chi connectivity index (χ4n) is 7.66. The molecule has 0 aliphatic heterocycles. The highest BCUT2D eigenvalue weighted by Gasteiger charge is 2.62. The van der Waals surface area contributed by atoms with Crippen LogP contribution in [0.2, 0.25) is 18.1 Å². The molecule has 0 radical (unpaired) electrons. The van der Waals surface area contributed by atoms with E-state index < -0.39 is 8.32 Å². The van der Waals surface area contributed by atoms with E-state index in [4.69, 9.17) is 4.43 Å². The van der Waals surface area contributed by atoms with Gasteiger partial charge in [0.05, 0.1) is 6.10 Å². The number of rotatable bonds is 2. The smallest absolute Gasteiger partial charge is 0.192 e. The molecule has 29 heavy (non-hydrogen) atoms. The van der Waals surface area contributed by atoms with Crippen molar-refractivity contribution < 1.29 is 14.3 Å². The predicted octanol–water partition coefficient (Wildman–Crippen LogP) is 5.96. The number of carbonyl (C=O) groups excluding carboxylic acids is 1. The van der Waals surface area contributed by atoms with E-state index in [2.05, 4.69) is 47.7 Å². The van der Waals surface area contributed by atoms with Gasteiger partial charge in [-0.3, -0.25) is 4.79 Å². The molecule has 4 aliphatic rings. The number of ketones is 1. The molecule has 4 fully saturated rings. The van der Waals surface area contributed by atoms with Crippen LogP contribution in [0.15, 0.2) is 0 Å². The minimum Gasteiger partial charge on any atom is -0.414 e.